The molecule has 0 aliphatic heterocycles. The minimum absolute atomic E-state index is 0.218. The third-order valence-corrected chi connectivity index (χ3v) is 10.8. The van der Waals surface area contributed by atoms with Crippen LogP contribution in [0.2, 0.25) is 0 Å². The molecule has 0 aromatic rings. The maximum Gasteiger partial charge on any atom is 0.103 e. The first-order valence-electron chi connectivity index (χ1n) is 3.28. The molecule has 0 spiro atoms. The summed E-state index contributed by atoms with van der Waals surface area (Å²) < 4.78 is 3.99. The highest BCUT2D eigenvalue weighted by Crippen LogP contribution is 2.57. The zero-order chi connectivity index (χ0) is 10.4. The molecule has 1 aliphatic carbocycles. The van der Waals surface area contributed by atoms with Crippen molar-refractivity contribution in [2.75, 3.05) is 0 Å². The number of hydrogen-bond donors (Lipinski definition) is 0. The van der Waals surface area contributed by atoms with Crippen molar-refractivity contribution >= 4 is 95.6 Å². The van der Waals surface area contributed by atoms with Gasteiger partial charge in [0.05, 0.1) is 0 Å². The Kier molecular flexibility index (Phi) is 4.85. The van der Waals surface area contributed by atoms with Crippen molar-refractivity contribution in [3.8, 4) is 0 Å². The molecule has 0 amide bonds. The molecule has 0 saturated heterocycles. The lowest BCUT2D eigenvalue weighted by molar-refractivity contribution is 0.874. The van der Waals surface area contributed by atoms with Crippen LogP contribution in [0.25, 0.3) is 0 Å². The van der Waals surface area contributed by atoms with Gasteiger partial charge in [-0.15, -0.1) is 0 Å². The van der Waals surface area contributed by atoms with Crippen molar-refractivity contribution in [1.82, 2.24) is 0 Å². The molecule has 0 fully saturated rings. The monoisotopic (exact) mass is 562 g/mol. The van der Waals surface area contributed by atoms with E-state index in [-0.39, 0.29) is 9.15 Å². The van der Waals surface area contributed by atoms with Gasteiger partial charge in [0, 0.05) is 22.8 Å². The molecule has 74 valence electrons. The van der Waals surface area contributed by atoms with E-state index in [0.717, 1.165) is 17.9 Å². The molecular formula is C7H4Br6. The van der Waals surface area contributed by atoms with Gasteiger partial charge in [-0.05, 0) is 31.9 Å². The molecule has 0 saturated carbocycles. The molecule has 13 heavy (non-hydrogen) atoms. The highest BCUT2D eigenvalue weighted by Gasteiger charge is 2.45. The van der Waals surface area contributed by atoms with Crippen LogP contribution < -0.4 is 0 Å². The Morgan fingerprint density at radius 1 is 1.00 bits per heavy atom. The summed E-state index contributed by atoms with van der Waals surface area (Å²) in [7, 11) is 0. The molecule has 0 aromatic heterocycles. The fourth-order valence-corrected chi connectivity index (χ4v) is 6.26. The Hall–Kier alpha value is 2.36. The van der Waals surface area contributed by atoms with Crippen molar-refractivity contribution in [1.29, 1.82) is 0 Å². The predicted molar refractivity (Wildman–Crippen MR) is 79.8 cm³/mol. The summed E-state index contributed by atoms with van der Waals surface area (Å²) in [5.74, 6) is 0. The van der Waals surface area contributed by atoms with Crippen LogP contribution in [0, 0.1) is 0 Å². The van der Waals surface area contributed by atoms with Crippen LogP contribution in [0.4, 0.5) is 0 Å². The van der Waals surface area contributed by atoms with Crippen molar-refractivity contribution < 1.29 is 0 Å². The number of rotatable bonds is 1. The summed E-state index contributed by atoms with van der Waals surface area (Å²) in [4.78, 5) is 0.270. The summed E-state index contributed by atoms with van der Waals surface area (Å²) in [6, 6.07) is 0. The second kappa shape index (κ2) is 4.70. The van der Waals surface area contributed by atoms with E-state index >= 15 is 0 Å². The fraction of sp³-hybridized carbons (Fsp3) is 0.429. The fourth-order valence-electron chi connectivity index (χ4n) is 0.958. The minimum Gasteiger partial charge on any atom is -0.0871 e. The van der Waals surface area contributed by atoms with Gasteiger partial charge in [0.25, 0.3) is 0 Å². The van der Waals surface area contributed by atoms with Crippen LogP contribution >= 0.6 is 95.6 Å². The molecule has 0 radical (unpaired) electrons. The van der Waals surface area contributed by atoms with Gasteiger partial charge in [0.15, 0.2) is 0 Å². The second-order valence-corrected chi connectivity index (χ2v) is 8.38. The lowest BCUT2D eigenvalue weighted by Gasteiger charge is -2.27. The van der Waals surface area contributed by atoms with Gasteiger partial charge in [-0.25, -0.2) is 0 Å². The van der Waals surface area contributed by atoms with E-state index in [2.05, 4.69) is 103 Å². The molecule has 6 heteroatoms. The Morgan fingerprint density at radius 2 is 1.31 bits per heavy atom. The third-order valence-electron chi connectivity index (χ3n) is 1.77. The normalized spacial score (nSPS) is 24.2. The predicted octanol–water partition coefficient (Wildman–Crippen LogP) is 5.92. The Balaban J connectivity index is 3.31. The molecule has 0 bridgehead atoms. The lowest BCUT2D eigenvalue weighted by atomic mass is 10.1. The van der Waals surface area contributed by atoms with Crippen LogP contribution in [0.5, 0.6) is 0 Å². The van der Waals surface area contributed by atoms with Gasteiger partial charge >= 0.3 is 0 Å². The summed E-state index contributed by atoms with van der Waals surface area (Å²) in [6.07, 6.45) is 0. The van der Waals surface area contributed by atoms with Gasteiger partial charge in [-0.3, -0.25) is 0 Å². The van der Waals surface area contributed by atoms with Crippen LogP contribution in [0.3, 0.4) is 0 Å². The van der Waals surface area contributed by atoms with Gasteiger partial charge in [0.1, 0.15) is 4.32 Å². The molecule has 1 rings (SSSR count). The number of hydrogen-bond acceptors (Lipinski definition) is 0. The molecule has 0 N–H and O–H groups in total. The first-order chi connectivity index (χ1) is 5.83. The van der Waals surface area contributed by atoms with E-state index in [1.807, 2.05) is 0 Å². The van der Waals surface area contributed by atoms with E-state index in [0.29, 0.717) is 0 Å². The van der Waals surface area contributed by atoms with Gasteiger partial charge in [0.2, 0.25) is 0 Å². The molecule has 1 aliphatic rings. The van der Waals surface area contributed by atoms with Crippen molar-refractivity contribution in [2.45, 2.75) is 16.1 Å². The Bertz CT molecular complexity index is 276. The Morgan fingerprint density at radius 3 is 1.46 bits per heavy atom. The summed E-state index contributed by atoms with van der Waals surface area (Å²) in [5, 5.41) is 0. The van der Waals surface area contributed by atoms with Crippen molar-refractivity contribution in [3.05, 3.63) is 17.9 Å². The molecule has 0 heterocycles. The van der Waals surface area contributed by atoms with Gasteiger partial charge < -0.3 is 0 Å². The number of alkyl halides is 2. The molecule has 0 aromatic carbocycles. The average Bonchev–Trinajstić information content (AvgIpc) is 2.22. The lowest BCUT2D eigenvalue weighted by Crippen LogP contribution is -2.28. The molecule has 1 atom stereocenters. The van der Waals surface area contributed by atoms with E-state index in [9.17, 15) is 0 Å². The zero-order valence-corrected chi connectivity index (χ0v) is 15.9. The minimum atomic E-state index is -0.218. The van der Waals surface area contributed by atoms with Crippen molar-refractivity contribution in [2.24, 2.45) is 0 Å². The average molecular weight is 568 g/mol. The number of halogens is 6. The van der Waals surface area contributed by atoms with Crippen LogP contribution in [0.15, 0.2) is 17.9 Å². The SMILES string of the molecule is CC(Br)C1(Br)C(Br)=C(Br)C(Br)=C1Br. The summed E-state index contributed by atoms with van der Waals surface area (Å²) in [5.41, 5.74) is 0. The summed E-state index contributed by atoms with van der Waals surface area (Å²) >= 11 is 21.4. The van der Waals surface area contributed by atoms with Crippen molar-refractivity contribution in [3.63, 3.8) is 0 Å². The van der Waals surface area contributed by atoms with Crippen LogP contribution in [-0.4, -0.2) is 9.15 Å². The smallest absolute Gasteiger partial charge is 0.0871 e. The quantitative estimate of drug-likeness (QED) is 0.345. The van der Waals surface area contributed by atoms with E-state index < -0.39 is 0 Å². The molecular weight excluding hydrogens is 564 g/mol. The standard InChI is InChI=1S/C7H4Br6/c1-2(8)7(13)5(11)3(9)4(10)6(7)12/h2H,1H3. The molecule has 1 unspecified atom stereocenters. The second-order valence-electron chi connectivity index (χ2n) is 2.58. The number of allylic oxidation sites excluding steroid dienone is 4. The topological polar surface area (TPSA) is 0 Å². The van der Waals surface area contributed by atoms with E-state index in [1.54, 1.807) is 0 Å². The zero-order valence-electron chi connectivity index (χ0n) is 6.35. The third kappa shape index (κ3) is 2.09. The Labute approximate surface area is 128 Å². The first kappa shape index (κ1) is 13.4. The van der Waals surface area contributed by atoms with E-state index in [4.69, 9.17) is 0 Å². The summed E-state index contributed by atoms with van der Waals surface area (Å²) in [6.45, 7) is 2.09. The first-order valence-corrected chi connectivity index (χ1v) is 8.16. The van der Waals surface area contributed by atoms with Gasteiger partial charge in [-0.1, -0.05) is 70.6 Å². The molecule has 0 nitrogen and oxygen atoms in total. The maximum atomic E-state index is 3.71. The van der Waals surface area contributed by atoms with Crippen LogP contribution in [-0.2, 0) is 0 Å². The highest BCUT2D eigenvalue weighted by molar-refractivity contribution is 9.19. The maximum absolute atomic E-state index is 3.71. The largest absolute Gasteiger partial charge is 0.103 e. The van der Waals surface area contributed by atoms with Gasteiger partial charge in [-0.2, -0.15) is 0 Å². The van der Waals surface area contributed by atoms with Crippen LogP contribution in [0.1, 0.15) is 6.92 Å². The van der Waals surface area contributed by atoms with E-state index in [1.165, 1.54) is 0 Å². The highest BCUT2D eigenvalue weighted by atomic mass is 79.9.